The predicted octanol–water partition coefficient (Wildman–Crippen LogP) is 1.34. The Morgan fingerprint density at radius 3 is 2.24 bits per heavy atom. The van der Waals surface area contributed by atoms with E-state index < -0.39 is 12.3 Å². The Labute approximate surface area is 123 Å². The summed E-state index contributed by atoms with van der Waals surface area (Å²) in [4.78, 5) is 4.12. The summed E-state index contributed by atoms with van der Waals surface area (Å²) in [7, 11) is 0. The molecule has 2 aliphatic rings. The summed E-state index contributed by atoms with van der Waals surface area (Å²) < 4.78 is 42.3. The average Bonchev–Trinajstić information content (AvgIpc) is 2.46. The summed E-state index contributed by atoms with van der Waals surface area (Å²) in [6, 6.07) is 0. The lowest BCUT2D eigenvalue weighted by Crippen LogP contribution is -2.44. The van der Waals surface area contributed by atoms with E-state index in [0.717, 1.165) is 52.1 Å². The number of aliphatic hydroxyl groups excluding tert-OH is 1. The van der Waals surface area contributed by atoms with Crippen LogP contribution in [0.4, 0.5) is 13.2 Å². The fraction of sp³-hybridized carbons (Fsp3) is 1.00. The molecule has 1 atom stereocenters. The van der Waals surface area contributed by atoms with Crippen molar-refractivity contribution in [2.75, 3.05) is 52.5 Å². The molecule has 7 heteroatoms. The number of β-amino-alcohol motifs (C(OH)–C–C–N with tert-alkyl or cyclic N) is 1. The van der Waals surface area contributed by atoms with Crippen LogP contribution in [0.5, 0.6) is 0 Å². The Hall–Kier alpha value is -0.370. The van der Waals surface area contributed by atoms with Gasteiger partial charge in [0.1, 0.15) is 0 Å². The van der Waals surface area contributed by atoms with Gasteiger partial charge in [0.25, 0.3) is 0 Å². The van der Waals surface area contributed by atoms with Gasteiger partial charge in [-0.3, -0.25) is 4.90 Å². The normalized spacial score (nSPS) is 25.1. The van der Waals surface area contributed by atoms with Crippen molar-refractivity contribution in [1.29, 1.82) is 0 Å². The Morgan fingerprint density at radius 2 is 1.67 bits per heavy atom. The van der Waals surface area contributed by atoms with Crippen molar-refractivity contribution < 1.29 is 23.0 Å². The van der Waals surface area contributed by atoms with Crippen LogP contribution in [0.15, 0.2) is 0 Å². The van der Waals surface area contributed by atoms with Crippen LogP contribution in [-0.4, -0.2) is 79.7 Å². The molecule has 0 radical (unpaired) electrons. The number of rotatable bonds is 5. The summed E-state index contributed by atoms with van der Waals surface area (Å²) in [5, 5.41) is 9.09. The Morgan fingerprint density at radius 1 is 1.05 bits per heavy atom. The number of hydrogen-bond donors (Lipinski definition) is 1. The first kappa shape index (κ1) is 17.0. The standard InChI is InChI=1S/C14H25F3N2O2/c15-14(16,17)13(20)11-19-5-2-12(3-6-19)1-4-18-7-9-21-10-8-18/h12-13,20H,1-11H2/t13-/m0/s1. The highest BCUT2D eigenvalue weighted by Crippen LogP contribution is 2.24. The summed E-state index contributed by atoms with van der Waals surface area (Å²) in [6.07, 6.45) is -3.77. The third kappa shape index (κ3) is 5.73. The van der Waals surface area contributed by atoms with Gasteiger partial charge in [0.05, 0.1) is 13.2 Å². The number of hydrogen-bond acceptors (Lipinski definition) is 4. The quantitative estimate of drug-likeness (QED) is 0.831. The zero-order chi connectivity index (χ0) is 15.3. The second-order valence-electron chi connectivity index (χ2n) is 6.04. The van der Waals surface area contributed by atoms with Gasteiger partial charge in [-0.1, -0.05) is 0 Å². The molecule has 2 fully saturated rings. The van der Waals surface area contributed by atoms with Crippen LogP contribution in [0.1, 0.15) is 19.3 Å². The minimum absolute atomic E-state index is 0.292. The molecule has 2 saturated heterocycles. The summed E-state index contributed by atoms with van der Waals surface area (Å²) in [5.74, 6) is 0.590. The average molecular weight is 310 g/mol. The molecule has 0 bridgehead atoms. The van der Waals surface area contributed by atoms with Crippen LogP contribution in [0.3, 0.4) is 0 Å². The van der Waals surface area contributed by atoms with Crippen molar-refractivity contribution in [1.82, 2.24) is 9.80 Å². The molecule has 0 unspecified atom stereocenters. The molecular formula is C14H25F3N2O2. The lowest BCUT2D eigenvalue weighted by atomic mass is 9.93. The van der Waals surface area contributed by atoms with Crippen LogP contribution in [-0.2, 0) is 4.74 Å². The van der Waals surface area contributed by atoms with Crippen molar-refractivity contribution in [3.8, 4) is 0 Å². The molecule has 124 valence electrons. The number of likely N-dealkylation sites (tertiary alicyclic amines) is 1. The van der Waals surface area contributed by atoms with Crippen molar-refractivity contribution in [3.63, 3.8) is 0 Å². The summed E-state index contributed by atoms with van der Waals surface area (Å²) >= 11 is 0. The number of morpholine rings is 1. The van der Waals surface area contributed by atoms with E-state index in [0.29, 0.717) is 19.0 Å². The molecule has 21 heavy (non-hydrogen) atoms. The van der Waals surface area contributed by atoms with Crippen LogP contribution in [0.25, 0.3) is 0 Å². The van der Waals surface area contributed by atoms with Crippen molar-refractivity contribution in [2.24, 2.45) is 5.92 Å². The number of ether oxygens (including phenoxy) is 1. The van der Waals surface area contributed by atoms with Crippen LogP contribution in [0.2, 0.25) is 0 Å². The van der Waals surface area contributed by atoms with Gasteiger partial charge in [-0.2, -0.15) is 13.2 Å². The van der Waals surface area contributed by atoms with Gasteiger partial charge in [0.15, 0.2) is 6.10 Å². The molecule has 1 N–H and O–H groups in total. The smallest absolute Gasteiger partial charge is 0.382 e. The maximum atomic E-state index is 12.3. The molecular weight excluding hydrogens is 285 g/mol. The zero-order valence-corrected chi connectivity index (χ0v) is 12.3. The molecule has 0 aromatic heterocycles. The molecule has 2 rings (SSSR count). The van der Waals surface area contributed by atoms with E-state index in [2.05, 4.69) is 4.90 Å². The Bertz CT molecular complexity index is 301. The van der Waals surface area contributed by atoms with Gasteiger partial charge in [0, 0.05) is 19.6 Å². The third-order valence-corrected chi connectivity index (χ3v) is 4.47. The molecule has 0 amide bonds. The van der Waals surface area contributed by atoms with E-state index in [1.807, 2.05) is 0 Å². The lowest BCUT2D eigenvalue weighted by Gasteiger charge is -2.35. The number of alkyl halides is 3. The first-order valence-corrected chi connectivity index (χ1v) is 7.72. The topological polar surface area (TPSA) is 35.9 Å². The van der Waals surface area contributed by atoms with Crippen LogP contribution in [0, 0.1) is 5.92 Å². The number of nitrogens with zero attached hydrogens (tertiary/aromatic N) is 2. The van der Waals surface area contributed by atoms with E-state index in [1.165, 1.54) is 0 Å². The maximum absolute atomic E-state index is 12.3. The van der Waals surface area contributed by atoms with Gasteiger partial charge in [-0.05, 0) is 44.8 Å². The Balaban J connectivity index is 1.61. The van der Waals surface area contributed by atoms with Crippen molar-refractivity contribution >= 4 is 0 Å². The van der Waals surface area contributed by atoms with Gasteiger partial charge in [0.2, 0.25) is 0 Å². The van der Waals surface area contributed by atoms with Gasteiger partial charge in [-0.25, -0.2) is 0 Å². The van der Waals surface area contributed by atoms with Crippen LogP contribution >= 0.6 is 0 Å². The molecule has 0 aromatic rings. The molecule has 2 aliphatic heterocycles. The Kier molecular flexibility index (Phi) is 6.28. The highest BCUT2D eigenvalue weighted by Gasteiger charge is 2.39. The SMILES string of the molecule is O[C@@H](CN1CCC(CCN2CCOCC2)CC1)C(F)(F)F. The number of halogens is 3. The molecule has 2 heterocycles. The molecule has 0 aromatic carbocycles. The lowest BCUT2D eigenvalue weighted by molar-refractivity contribution is -0.208. The molecule has 0 spiro atoms. The van der Waals surface area contributed by atoms with Gasteiger partial charge in [-0.15, -0.1) is 0 Å². The van der Waals surface area contributed by atoms with E-state index in [-0.39, 0.29) is 6.54 Å². The third-order valence-electron chi connectivity index (χ3n) is 4.47. The highest BCUT2D eigenvalue weighted by atomic mass is 19.4. The fourth-order valence-corrected chi connectivity index (χ4v) is 3.00. The highest BCUT2D eigenvalue weighted by molar-refractivity contribution is 4.78. The van der Waals surface area contributed by atoms with E-state index >= 15 is 0 Å². The summed E-state index contributed by atoms with van der Waals surface area (Å²) in [6.45, 7) is 5.63. The minimum Gasteiger partial charge on any atom is -0.382 e. The molecule has 0 aliphatic carbocycles. The van der Waals surface area contributed by atoms with Crippen LogP contribution < -0.4 is 0 Å². The number of piperidine rings is 1. The summed E-state index contributed by atoms with van der Waals surface area (Å²) in [5.41, 5.74) is 0. The van der Waals surface area contributed by atoms with E-state index in [4.69, 9.17) is 9.84 Å². The second-order valence-corrected chi connectivity index (χ2v) is 6.04. The zero-order valence-electron chi connectivity index (χ0n) is 12.3. The monoisotopic (exact) mass is 310 g/mol. The van der Waals surface area contributed by atoms with E-state index in [9.17, 15) is 13.2 Å². The largest absolute Gasteiger partial charge is 0.415 e. The first-order valence-electron chi connectivity index (χ1n) is 7.72. The second kappa shape index (κ2) is 7.76. The van der Waals surface area contributed by atoms with E-state index in [1.54, 1.807) is 4.90 Å². The fourth-order valence-electron chi connectivity index (χ4n) is 3.00. The molecule has 0 saturated carbocycles. The molecule has 4 nitrogen and oxygen atoms in total. The maximum Gasteiger partial charge on any atom is 0.415 e. The van der Waals surface area contributed by atoms with Crippen molar-refractivity contribution in [3.05, 3.63) is 0 Å². The van der Waals surface area contributed by atoms with Crippen molar-refractivity contribution in [2.45, 2.75) is 31.5 Å². The predicted molar refractivity (Wildman–Crippen MR) is 73.1 cm³/mol. The van der Waals surface area contributed by atoms with Gasteiger partial charge < -0.3 is 14.7 Å². The minimum atomic E-state index is -4.51. The van der Waals surface area contributed by atoms with Gasteiger partial charge >= 0.3 is 6.18 Å². The number of aliphatic hydroxyl groups is 1. The first-order chi connectivity index (χ1) is 9.95.